The van der Waals surface area contributed by atoms with E-state index in [1.54, 1.807) is 12.4 Å². The number of halogens is 1. The average Bonchev–Trinajstić information content (AvgIpc) is 3.09. The molecule has 1 aromatic carbocycles. The first-order valence-electron chi connectivity index (χ1n) is 8.71. The van der Waals surface area contributed by atoms with Crippen molar-refractivity contribution in [3.63, 3.8) is 0 Å². The fraction of sp³-hybridized carbons (Fsp3) is 0.333. The Kier molecular flexibility index (Phi) is 6.09. The first-order valence-corrected chi connectivity index (χ1v) is 8.71. The zero-order valence-corrected chi connectivity index (χ0v) is 17.5. The maximum atomic E-state index is 6.18. The molecule has 4 rings (SSSR count). The standard InChI is InChI=1S/C18H22N8.HI/c1-13-3-4-14-15(11-13)24-16(23-14)12-22-17(19)25-7-9-26(10-8-25)18-20-5-2-6-21-18;/h2-6,11H,7-10,12H2,1H3,(H2,19,22)(H,23,24);1H. The third-order valence-electron chi connectivity index (χ3n) is 4.52. The van der Waals surface area contributed by atoms with Gasteiger partial charge in [-0.3, -0.25) is 0 Å². The summed E-state index contributed by atoms with van der Waals surface area (Å²) in [5.74, 6) is 2.14. The lowest BCUT2D eigenvalue weighted by atomic mass is 10.2. The van der Waals surface area contributed by atoms with Gasteiger partial charge in [-0.25, -0.2) is 19.9 Å². The van der Waals surface area contributed by atoms with Gasteiger partial charge in [0.05, 0.1) is 11.0 Å². The van der Waals surface area contributed by atoms with Gasteiger partial charge in [-0.2, -0.15) is 0 Å². The number of aliphatic imine (C=N–C) groups is 1. The Morgan fingerprint density at radius 2 is 1.93 bits per heavy atom. The van der Waals surface area contributed by atoms with E-state index in [9.17, 15) is 0 Å². The van der Waals surface area contributed by atoms with Crippen LogP contribution in [0.15, 0.2) is 41.7 Å². The predicted octanol–water partition coefficient (Wildman–Crippen LogP) is 1.92. The molecular weight excluding hydrogens is 455 g/mol. The molecule has 0 aliphatic carbocycles. The van der Waals surface area contributed by atoms with Crippen LogP contribution in [0.25, 0.3) is 11.0 Å². The van der Waals surface area contributed by atoms with Gasteiger partial charge in [-0.05, 0) is 30.7 Å². The number of hydrogen-bond donors (Lipinski definition) is 2. The molecule has 1 aliphatic heterocycles. The lowest BCUT2D eigenvalue weighted by molar-refractivity contribution is 0.378. The highest BCUT2D eigenvalue weighted by atomic mass is 127. The minimum Gasteiger partial charge on any atom is -0.370 e. The van der Waals surface area contributed by atoms with Crippen LogP contribution in [0.2, 0.25) is 0 Å². The van der Waals surface area contributed by atoms with E-state index >= 15 is 0 Å². The van der Waals surface area contributed by atoms with E-state index in [2.05, 4.69) is 53.8 Å². The van der Waals surface area contributed by atoms with Crippen LogP contribution < -0.4 is 10.6 Å². The summed E-state index contributed by atoms with van der Waals surface area (Å²) in [5, 5.41) is 0. The number of anilines is 1. The maximum Gasteiger partial charge on any atom is 0.225 e. The summed E-state index contributed by atoms with van der Waals surface area (Å²) in [6, 6.07) is 7.98. The van der Waals surface area contributed by atoms with Crippen molar-refractivity contribution in [2.75, 3.05) is 31.1 Å². The number of guanidine groups is 1. The largest absolute Gasteiger partial charge is 0.370 e. The SMILES string of the molecule is Cc1ccc2nc(CN=C(N)N3CCN(c4ncccn4)CC3)[nH]c2c1.I. The molecule has 0 radical (unpaired) electrons. The van der Waals surface area contributed by atoms with Gasteiger partial charge >= 0.3 is 0 Å². The molecule has 3 heterocycles. The molecule has 0 saturated carbocycles. The Bertz CT molecular complexity index is 916. The van der Waals surface area contributed by atoms with Gasteiger partial charge in [0.2, 0.25) is 5.95 Å². The summed E-state index contributed by atoms with van der Waals surface area (Å²) >= 11 is 0. The third-order valence-corrected chi connectivity index (χ3v) is 4.52. The second-order valence-corrected chi connectivity index (χ2v) is 6.40. The average molecular weight is 478 g/mol. The molecule has 8 nitrogen and oxygen atoms in total. The minimum atomic E-state index is 0. The molecule has 3 N–H and O–H groups in total. The number of H-pyrrole nitrogens is 1. The Morgan fingerprint density at radius 1 is 1.19 bits per heavy atom. The van der Waals surface area contributed by atoms with Gasteiger partial charge in [0.1, 0.15) is 12.4 Å². The van der Waals surface area contributed by atoms with Crippen LogP contribution in [0.5, 0.6) is 0 Å². The van der Waals surface area contributed by atoms with Gasteiger partial charge in [-0.1, -0.05) is 6.07 Å². The lowest BCUT2D eigenvalue weighted by Crippen LogP contribution is -2.51. The van der Waals surface area contributed by atoms with Gasteiger partial charge in [0.25, 0.3) is 0 Å². The maximum absolute atomic E-state index is 6.18. The molecule has 27 heavy (non-hydrogen) atoms. The molecular formula is C18H23IN8. The topological polar surface area (TPSA) is 99.3 Å². The van der Waals surface area contributed by atoms with Gasteiger partial charge in [0.15, 0.2) is 5.96 Å². The fourth-order valence-electron chi connectivity index (χ4n) is 3.10. The summed E-state index contributed by atoms with van der Waals surface area (Å²) in [6.07, 6.45) is 3.53. The van der Waals surface area contributed by atoms with Gasteiger partial charge in [-0.15, -0.1) is 24.0 Å². The monoisotopic (exact) mass is 478 g/mol. The van der Waals surface area contributed by atoms with Crippen molar-refractivity contribution in [1.82, 2.24) is 24.8 Å². The molecule has 2 aromatic heterocycles. The van der Waals surface area contributed by atoms with E-state index in [4.69, 9.17) is 5.73 Å². The number of nitrogens with zero attached hydrogens (tertiary/aromatic N) is 6. The normalized spacial score (nSPS) is 15.1. The molecule has 0 atom stereocenters. The minimum absolute atomic E-state index is 0. The molecule has 9 heteroatoms. The number of rotatable bonds is 3. The Balaban J connectivity index is 0.00000210. The number of nitrogens with two attached hydrogens (primary N) is 1. The lowest BCUT2D eigenvalue weighted by Gasteiger charge is -2.35. The molecule has 142 valence electrons. The number of hydrogen-bond acceptors (Lipinski definition) is 5. The quantitative estimate of drug-likeness (QED) is 0.339. The van der Waals surface area contributed by atoms with Crippen LogP contribution in [0.4, 0.5) is 5.95 Å². The Hall–Kier alpha value is -2.43. The van der Waals surface area contributed by atoms with Crippen molar-refractivity contribution in [3.05, 3.63) is 48.0 Å². The van der Waals surface area contributed by atoms with E-state index in [1.165, 1.54) is 5.56 Å². The van der Waals surface area contributed by atoms with Gasteiger partial charge in [0, 0.05) is 38.6 Å². The second-order valence-electron chi connectivity index (χ2n) is 6.40. The van der Waals surface area contributed by atoms with E-state index in [0.717, 1.165) is 49.0 Å². The van der Waals surface area contributed by atoms with Crippen LogP contribution >= 0.6 is 24.0 Å². The summed E-state index contributed by atoms with van der Waals surface area (Å²) in [7, 11) is 0. The Labute approximate surface area is 174 Å². The first kappa shape index (κ1) is 19.3. The Morgan fingerprint density at radius 3 is 2.67 bits per heavy atom. The summed E-state index contributed by atoms with van der Waals surface area (Å²) in [6.45, 7) is 5.76. The number of aromatic amines is 1. The van der Waals surface area contributed by atoms with Crippen molar-refractivity contribution in [2.45, 2.75) is 13.5 Å². The van der Waals surface area contributed by atoms with E-state index in [1.807, 2.05) is 12.1 Å². The number of piperazine rings is 1. The van der Waals surface area contributed by atoms with Crippen LogP contribution in [0.1, 0.15) is 11.4 Å². The van der Waals surface area contributed by atoms with Crippen molar-refractivity contribution in [2.24, 2.45) is 10.7 Å². The highest BCUT2D eigenvalue weighted by Crippen LogP contribution is 2.14. The van der Waals surface area contributed by atoms with E-state index < -0.39 is 0 Å². The number of aryl methyl sites for hydroxylation is 1. The van der Waals surface area contributed by atoms with E-state index in [-0.39, 0.29) is 24.0 Å². The summed E-state index contributed by atoms with van der Waals surface area (Å²) in [5.41, 5.74) is 9.37. The van der Waals surface area contributed by atoms with Crippen molar-refractivity contribution >= 4 is 46.9 Å². The van der Waals surface area contributed by atoms with Crippen molar-refractivity contribution in [3.8, 4) is 0 Å². The summed E-state index contributed by atoms with van der Waals surface area (Å²) < 4.78 is 0. The molecule has 1 aliphatic rings. The van der Waals surface area contributed by atoms with Crippen LogP contribution in [0, 0.1) is 6.92 Å². The van der Waals surface area contributed by atoms with Crippen LogP contribution in [-0.2, 0) is 6.54 Å². The number of fused-ring (bicyclic) bond motifs is 1. The molecule has 1 fully saturated rings. The molecule has 0 bridgehead atoms. The highest BCUT2D eigenvalue weighted by Gasteiger charge is 2.19. The number of benzene rings is 1. The predicted molar refractivity (Wildman–Crippen MR) is 117 cm³/mol. The van der Waals surface area contributed by atoms with Crippen molar-refractivity contribution < 1.29 is 0 Å². The summed E-state index contributed by atoms with van der Waals surface area (Å²) in [4.78, 5) is 25.2. The van der Waals surface area contributed by atoms with Crippen LogP contribution in [-0.4, -0.2) is 57.0 Å². The molecule has 1 saturated heterocycles. The molecule has 0 unspecified atom stereocenters. The van der Waals surface area contributed by atoms with Crippen LogP contribution in [0.3, 0.4) is 0 Å². The zero-order chi connectivity index (χ0) is 17.9. The highest BCUT2D eigenvalue weighted by molar-refractivity contribution is 14.0. The molecule has 0 spiro atoms. The first-order chi connectivity index (χ1) is 12.7. The number of nitrogens with one attached hydrogen (secondary N) is 1. The van der Waals surface area contributed by atoms with Gasteiger partial charge < -0.3 is 20.5 Å². The smallest absolute Gasteiger partial charge is 0.225 e. The number of imidazole rings is 1. The third kappa shape index (κ3) is 4.46. The molecule has 3 aromatic rings. The second kappa shape index (κ2) is 8.51. The molecule has 0 amide bonds. The fourth-order valence-corrected chi connectivity index (χ4v) is 3.10. The van der Waals surface area contributed by atoms with E-state index in [0.29, 0.717) is 12.5 Å². The number of aromatic nitrogens is 4. The van der Waals surface area contributed by atoms with Crippen molar-refractivity contribution in [1.29, 1.82) is 0 Å². The zero-order valence-electron chi connectivity index (χ0n) is 15.2.